The average molecular weight is 232 g/mol. The van der Waals surface area contributed by atoms with E-state index in [2.05, 4.69) is 5.32 Å². The topological polar surface area (TPSA) is 69.6 Å². The van der Waals surface area contributed by atoms with Gasteiger partial charge >= 0.3 is 12.0 Å². The first-order chi connectivity index (χ1) is 7.63. The zero-order chi connectivity index (χ0) is 12.0. The van der Waals surface area contributed by atoms with Gasteiger partial charge in [0, 0.05) is 19.6 Å². The van der Waals surface area contributed by atoms with Crippen LogP contribution in [0.1, 0.15) is 19.3 Å². The van der Waals surface area contributed by atoms with Crippen LogP contribution in [-0.2, 0) is 4.79 Å². The van der Waals surface area contributed by atoms with Crippen molar-refractivity contribution in [1.82, 2.24) is 10.2 Å². The molecule has 1 rings (SSSR count). The van der Waals surface area contributed by atoms with Crippen molar-refractivity contribution in [3.63, 3.8) is 0 Å². The van der Waals surface area contributed by atoms with E-state index in [4.69, 9.17) is 5.11 Å². The highest BCUT2D eigenvalue weighted by atomic mass is 19.1. The molecule has 0 atom stereocenters. The number of hydrogen-bond donors (Lipinski definition) is 2. The summed E-state index contributed by atoms with van der Waals surface area (Å²) in [5, 5.41) is 10.9. The fraction of sp³-hybridized carbons (Fsp3) is 0.800. The normalized spacial score (nSPS) is 17.2. The van der Waals surface area contributed by atoms with Gasteiger partial charge in [0.05, 0.1) is 13.1 Å². The highest BCUT2D eigenvalue weighted by Gasteiger charge is 2.22. The number of piperidine rings is 1. The fourth-order valence-electron chi connectivity index (χ4n) is 1.68. The van der Waals surface area contributed by atoms with E-state index in [-0.39, 0.29) is 31.6 Å². The summed E-state index contributed by atoms with van der Waals surface area (Å²) in [6.45, 7) is 0.909. The third-order valence-electron chi connectivity index (χ3n) is 2.74. The van der Waals surface area contributed by atoms with Crippen molar-refractivity contribution in [2.24, 2.45) is 5.92 Å². The number of hydrogen-bond acceptors (Lipinski definition) is 2. The third kappa shape index (κ3) is 4.04. The molecule has 0 aliphatic carbocycles. The monoisotopic (exact) mass is 232 g/mol. The van der Waals surface area contributed by atoms with Crippen LogP contribution in [0.15, 0.2) is 0 Å². The Morgan fingerprint density at radius 1 is 1.38 bits per heavy atom. The number of aliphatic carboxylic acids is 1. The molecule has 5 nitrogen and oxygen atoms in total. The van der Waals surface area contributed by atoms with Crippen molar-refractivity contribution in [2.75, 3.05) is 26.3 Å². The van der Waals surface area contributed by atoms with E-state index in [9.17, 15) is 14.0 Å². The summed E-state index contributed by atoms with van der Waals surface area (Å²) < 4.78 is 12.3. The van der Waals surface area contributed by atoms with Gasteiger partial charge in [-0.1, -0.05) is 0 Å². The smallest absolute Gasteiger partial charge is 0.317 e. The number of halogens is 1. The van der Waals surface area contributed by atoms with Crippen LogP contribution in [-0.4, -0.2) is 48.3 Å². The summed E-state index contributed by atoms with van der Waals surface area (Å²) in [5.41, 5.74) is 0. The number of nitrogens with one attached hydrogen (secondary N) is 1. The molecule has 1 saturated heterocycles. The van der Waals surface area contributed by atoms with Crippen LogP contribution in [0.5, 0.6) is 0 Å². The molecular formula is C10H17FN2O3. The predicted octanol–water partition coefficient (Wildman–Crippen LogP) is 0.852. The number of carbonyl (C=O) groups excluding carboxylic acids is 1. The number of rotatable bonds is 4. The van der Waals surface area contributed by atoms with Crippen LogP contribution in [0.2, 0.25) is 0 Å². The lowest BCUT2D eigenvalue weighted by atomic mass is 9.99. The van der Waals surface area contributed by atoms with Crippen LogP contribution < -0.4 is 5.32 Å². The number of nitrogens with zero attached hydrogens (tertiary/aromatic N) is 1. The van der Waals surface area contributed by atoms with Crippen LogP contribution in [0.4, 0.5) is 9.18 Å². The Morgan fingerprint density at radius 3 is 2.50 bits per heavy atom. The number of amides is 2. The minimum absolute atomic E-state index is 0.0723. The maximum atomic E-state index is 12.3. The molecule has 0 unspecified atom stereocenters. The van der Waals surface area contributed by atoms with E-state index >= 15 is 0 Å². The molecule has 1 fully saturated rings. The van der Waals surface area contributed by atoms with Crippen molar-refractivity contribution in [1.29, 1.82) is 0 Å². The second kappa shape index (κ2) is 6.30. The van der Waals surface area contributed by atoms with Gasteiger partial charge in [0.25, 0.3) is 0 Å². The second-order valence-corrected chi connectivity index (χ2v) is 3.96. The van der Waals surface area contributed by atoms with E-state index in [0.717, 1.165) is 0 Å². The van der Waals surface area contributed by atoms with E-state index in [1.54, 1.807) is 4.90 Å². The Balaban J connectivity index is 2.20. The van der Waals surface area contributed by atoms with Gasteiger partial charge in [0.15, 0.2) is 0 Å². The molecule has 2 N–H and O–H groups in total. The van der Waals surface area contributed by atoms with Gasteiger partial charge in [0.1, 0.15) is 0 Å². The summed E-state index contributed by atoms with van der Waals surface area (Å²) >= 11 is 0. The Morgan fingerprint density at radius 2 is 2.00 bits per heavy atom. The van der Waals surface area contributed by atoms with Gasteiger partial charge in [-0.05, 0) is 18.8 Å². The van der Waals surface area contributed by atoms with E-state index in [1.165, 1.54) is 0 Å². The summed E-state index contributed by atoms with van der Waals surface area (Å²) in [4.78, 5) is 23.3. The number of likely N-dealkylation sites (tertiary alicyclic amines) is 1. The maximum Gasteiger partial charge on any atom is 0.317 e. The maximum absolute atomic E-state index is 12.3. The largest absolute Gasteiger partial charge is 0.481 e. The average Bonchev–Trinajstić information content (AvgIpc) is 2.28. The SMILES string of the molecule is O=C(O)CCNC(=O)N1CCC(CF)CC1. The number of carboxylic acid groups (broad SMARTS) is 1. The molecule has 92 valence electrons. The van der Waals surface area contributed by atoms with Crippen molar-refractivity contribution in [2.45, 2.75) is 19.3 Å². The zero-order valence-electron chi connectivity index (χ0n) is 9.12. The zero-order valence-corrected chi connectivity index (χ0v) is 9.12. The Kier molecular flexibility index (Phi) is 5.01. The molecule has 0 saturated carbocycles. The van der Waals surface area contributed by atoms with Gasteiger partial charge in [0.2, 0.25) is 0 Å². The van der Waals surface area contributed by atoms with Crippen molar-refractivity contribution < 1.29 is 19.1 Å². The molecule has 0 aromatic heterocycles. The van der Waals surface area contributed by atoms with E-state index < -0.39 is 5.97 Å². The first-order valence-corrected chi connectivity index (χ1v) is 5.44. The Labute approximate surface area is 93.6 Å². The molecule has 1 aliphatic heterocycles. The molecule has 0 aromatic carbocycles. The quantitative estimate of drug-likeness (QED) is 0.755. The van der Waals surface area contributed by atoms with E-state index in [0.29, 0.717) is 25.9 Å². The lowest BCUT2D eigenvalue weighted by Gasteiger charge is -2.30. The molecule has 6 heteroatoms. The minimum Gasteiger partial charge on any atom is -0.481 e. The van der Waals surface area contributed by atoms with Crippen LogP contribution in [0.3, 0.4) is 0 Å². The first kappa shape index (κ1) is 12.7. The Bertz CT molecular complexity index is 252. The molecule has 0 radical (unpaired) electrons. The van der Waals surface area contributed by atoms with Crippen molar-refractivity contribution >= 4 is 12.0 Å². The molecule has 0 aromatic rings. The summed E-state index contributed by atoms with van der Waals surface area (Å²) in [6, 6.07) is -0.251. The van der Waals surface area contributed by atoms with Crippen LogP contribution >= 0.6 is 0 Å². The van der Waals surface area contributed by atoms with Crippen LogP contribution in [0, 0.1) is 5.92 Å². The number of carbonyl (C=O) groups is 2. The Hall–Kier alpha value is -1.33. The predicted molar refractivity (Wildman–Crippen MR) is 55.9 cm³/mol. The van der Waals surface area contributed by atoms with E-state index in [1.807, 2.05) is 0 Å². The summed E-state index contributed by atoms with van der Waals surface area (Å²) in [6.07, 6.45) is 1.29. The lowest BCUT2D eigenvalue weighted by molar-refractivity contribution is -0.136. The number of alkyl halides is 1. The fourth-order valence-corrected chi connectivity index (χ4v) is 1.68. The number of carboxylic acids is 1. The molecule has 0 spiro atoms. The molecule has 1 heterocycles. The first-order valence-electron chi connectivity index (χ1n) is 5.44. The van der Waals surface area contributed by atoms with Crippen LogP contribution in [0.25, 0.3) is 0 Å². The van der Waals surface area contributed by atoms with Crippen molar-refractivity contribution in [3.05, 3.63) is 0 Å². The molecule has 1 aliphatic rings. The summed E-state index contributed by atoms with van der Waals surface area (Å²) in [7, 11) is 0. The second-order valence-electron chi connectivity index (χ2n) is 3.96. The summed E-state index contributed by atoms with van der Waals surface area (Å²) in [5.74, 6) is -0.862. The molecule has 16 heavy (non-hydrogen) atoms. The minimum atomic E-state index is -0.934. The molecule has 0 bridgehead atoms. The third-order valence-corrected chi connectivity index (χ3v) is 2.74. The van der Waals surface area contributed by atoms with Gasteiger partial charge in [-0.2, -0.15) is 0 Å². The highest BCUT2D eigenvalue weighted by molar-refractivity contribution is 5.75. The van der Waals surface area contributed by atoms with Gasteiger partial charge in [-0.25, -0.2) is 4.79 Å². The lowest BCUT2D eigenvalue weighted by Crippen LogP contribution is -2.45. The van der Waals surface area contributed by atoms with Gasteiger partial charge < -0.3 is 15.3 Å². The number of urea groups is 1. The molecule has 2 amide bonds. The van der Waals surface area contributed by atoms with Crippen molar-refractivity contribution in [3.8, 4) is 0 Å². The standard InChI is InChI=1S/C10H17FN2O3/c11-7-8-2-5-13(6-3-8)10(16)12-4-1-9(14)15/h8H,1-7H2,(H,12,16)(H,14,15). The molecular weight excluding hydrogens is 215 g/mol. The van der Waals surface area contributed by atoms with Gasteiger partial charge in [-0.15, -0.1) is 0 Å². The highest BCUT2D eigenvalue weighted by Crippen LogP contribution is 2.17. The van der Waals surface area contributed by atoms with Gasteiger partial charge in [-0.3, -0.25) is 9.18 Å².